The van der Waals surface area contributed by atoms with Gasteiger partial charge in [-0.15, -0.1) is 0 Å². The van der Waals surface area contributed by atoms with Crippen LogP contribution in [0.2, 0.25) is 0 Å². The molecule has 0 aromatic carbocycles. The zero-order valence-corrected chi connectivity index (χ0v) is 9.66. The Hall–Kier alpha value is -1.10. The highest BCUT2D eigenvalue weighted by molar-refractivity contribution is 9.10. The van der Waals surface area contributed by atoms with Crippen LogP contribution in [0.15, 0.2) is 27.6 Å². The van der Waals surface area contributed by atoms with Gasteiger partial charge in [-0.2, -0.15) is 0 Å². The van der Waals surface area contributed by atoms with Crippen LogP contribution in [0.25, 0.3) is 0 Å². The SMILES string of the molecule is O=C(Cn1cc(Br)ccc1=O)NC1CC1. The van der Waals surface area contributed by atoms with Gasteiger partial charge in [0.1, 0.15) is 6.54 Å². The Kier molecular flexibility index (Phi) is 2.90. The van der Waals surface area contributed by atoms with Gasteiger partial charge >= 0.3 is 0 Å². The number of nitrogens with one attached hydrogen (secondary N) is 1. The topological polar surface area (TPSA) is 51.1 Å². The highest BCUT2D eigenvalue weighted by Gasteiger charge is 2.23. The first-order valence-corrected chi connectivity index (χ1v) is 5.60. The van der Waals surface area contributed by atoms with Gasteiger partial charge in [0.25, 0.3) is 5.56 Å². The third kappa shape index (κ3) is 2.92. The van der Waals surface area contributed by atoms with Crippen LogP contribution in [-0.4, -0.2) is 16.5 Å². The van der Waals surface area contributed by atoms with Gasteiger partial charge in [0.2, 0.25) is 5.91 Å². The van der Waals surface area contributed by atoms with Crippen molar-refractivity contribution >= 4 is 21.8 Å². The van der Waals surface area contributed by atoms with E-state index in [2.05, 4.69) is 21.2 Å². The van der Waals surface area contributed by atoms with Gasteiger partial charge in [0.15, 0.2) is 0 Å². The Bertz CT molecular complexity index is 437. The molecule has 5 heteroatoms. The summed E-state index contributed by atoms with van der Waals surface area (Å²) in [6, 6.07) is 3.44. The Morgan fingerprint density at radius 3 is 2.93 bits per heavy atom. The Morgan fingerprint density at radius 1 is 1.53 bits per heavy atom. The van der Waals surface area contributed by atoms with Crippen LogP contribution < -0.4 is 10.9 Å². The van der Waals surface area contributed by atoms with E-state index in [0.717, 1.165) is 17.3 Å². The molecule has 0 bridgehead atoms. The molecule has 1 fully saturated rings. The normalized spacial score (nSPS) is 15.0. The molecule has 1 aliphatic carbocycles. The van der Waals surface area contributed by atoms with Crippen LogP contribution in [-0.2, 0) is 11.3 Å². The molecular weight excluding hydrogens is 260 g/mol. The summed E-state index contributed by atoms with van der Waals surface area (Å²) in [5.41, 5.74) is -0.163. The van der Waals surface area contributed by atoms with Crippen molar-refractivity contribution < 1.29 is 4.79 Å². The number of amides is 1. The standard InChI is InChI=1S/C10H11BrN2O2/c11-7-1-4-10(15)13(5-7)6-9(14)12-8-2-3-8/h1,4-5,8H,2-3,6H2,(H,12,14). The highest BCUT2D eigenvalue weighted by atomic mass is 79.9. The second-order valence-corrected chi connectivity index (χ2v) is 4.57. The Morgan fingerprint density at radius 2 is 2.27 bits per heavy atom. The van der Waals surface area contributed by atoms with Crippen LogP contribution in [0.5, 0.6) is 0 Å². The molecule has 15 heavy (non-hydrogen) atoms. The molecule has 0 spiro atoms. The van der Waals surface area contributed by atoms with E-state index in [4.69, 9.17) is 0 Å². The number of pyridine rings is 1. The second-order valence-electron chi connectivity index (χ2n) is 3.66. The van der Waals surface area contributed by atoms with E-state index in [9.17, 15) is 9.59 Å². The summed E-state index contributed by atoms with van der Waals surface area (Å²) >= 11 is 3.26. The second kappa shape index (κ2) is 4.18. The minimum Gasteiger partial charge on any atom is -0.352 e. The summed E-state index contributed by atoms with van der Waals surface area (Å²) in [7, 11) is 0. The molecule has 4 nitrogen and oxygen atoms in total. The molecule has 1 aromatic heterocycles. The molecule has 1 N–H and O–H groups in total. The quantitative estimate of drug-likeness (QED) is 0.887. The van der Waals surface area contributed by atoms with Crippen LogP contribution in [0.4, 0.5) is 0 Å². The van der Waals surface area contributed by atoms with Crippen molar-refractivity contribution in [2.24, 2.45) is 0 Å². The fourth-order valence-corrected chi connectivity index (χ4v) is 1.66. The lowest BCUT2D eigenvalue weighted by atomic mass is 10.4. The van der Waals surface area contributed by atoms with Gasteiger partial charge < -0.3 is 9.88 Å². The van der Waals surface area contributed by atoms with Crippen molar-refractivity contribution in [2.45, 2.75) is 25.4 Å². The Balaban J connectivity index is 2.05. The predicted octanol–water partition coefficient (Wildman–Crippen LogP) is 0.889. The number of halogens is 1. The van der Waals surface area contributed by atoms with E-state index >= 15 is 0 Å². The molecule has 0 atom stereocenters. The summed E-state index contributed by atoms with van der Waals surface area (Å²) < 4.78 is 2.18. The van der Waals surface area contributed by atoms with Crippen molar-refractivity contribution in [1.29, 1.82) is 0 Å². The van der Waals surface area contributed by atoms with Gasteiger partial charge in [-0.05, 0) is 34.8 Å². The van der Waals surface area contributed by atoms with Crippen LogP contribution >= 0.6 is 15.9 Å². The van der Waals surface area contributed by atoms with E-state index in [1.54, 1.807) is 12.3 Å². The van der Waals surface area contributed by atoms with Gasteiger partial charge in [-0.25, -0.2) is 0 Å². The van der Waals surface area contributed by atoms with Gasteiger partial charge in [-0.1, -0.05) is 0 Å². The highest BCUT2D eigenvalue weighted by Crippen LogP contribution is 2.18. The first-order valence-electron chi connectivity index (χ1n) is 4.80. The number of rotatable bonds is 3. The zero-order chi connectivity index (χ0) is 10.8. The molecule has 0 aliphatic heterocycles. The predicted molar refractivity (Wildman–Crippen MR) is 59.6 cm³/mol. The molecule has 1 saturated carbocycles. The number of hydrogen-bond acceptors (Lipinski definition) is 2. The number of hydrogen-bond donors (Lipinski definition) is 1. The molecule has 1 heterocycles. The van der Waals surface area contributed by atoms with E-state index in [0.29, 0.717) is 6.04 Å². The summed E-state index contributed by atoms with van der Waals surface area (Å²) in [4.78, 5) is 22.8. The number of carbonyl (C=O) groups excluding carboxylic acids is 1. The molecule has 80 valence electrons. The largest absolute Gasteiger partial charge is 0.352 e. The van der Waals surface area contributed by atoms with Crippen molar-refractivity contribution in [2.75, 3.05) is 0 Å². The van der Waals surface area contributed by atoms with Gasteiger partial charge in [0.05, 0.1) is 0 Å². The first kappa shape index (κ1) is 10.4. The molecule has 0 radical (unpaired) electrons. The first-order chi connectivity index (χ1) is 7.15. The minimum absolute atomic E-state index is 0.0920. The summed E-state index contributed by atoms with van der Waals surface area (Å²) in [6.07, 6.45) is 3.73. The zero-order valence-electron chi connectivity index (χ0n) is 8.07. The van der Waals surface area contributed by atoms with Crippen LogP contribution in [0, 0.1) is 0 Å². The number of aromatic nitrogens is 1. The lowest BCUT2D eigenvalue weighted by Crippen LogP contribution is -2.33. The van der Waals surface area contributed by atoms with E-state index in [-0.39, 0.29) is 18.0 Å². The fourth-order valence-electron chi connectivity index (χ4n) is 1.28. The van der Waals surface area contributed by atoms with E-state index in [1.807, 2.05) is 0 Å². The van der Waals surface area contributed by atoms with E-state index in [1.165, 1.54) is 10.6 Å². The van der Waals surface area contributed by atoms with Gasteiger partial charge in [0, 0.05) is 22.8 Å². The monoisotopic (exact) mass is 270 g/mol. The Labute approximate surface area is 95.4 Å². The lowest BCUT2D eigenvalue weighted by molar-refractivity contribution is -0.121. The average Bonchev–Trinajstić information content (AvgIpc) is 2.95. The molecule has 1 aliphatic rings. The minimum atomic E-state index is -0.163. The van der Waals surface area contributed by atoms with E-state index < -0.39 is 0 Å². The maximum absolute atomic E-state index is 11.4. The smallest absolute Gasteiger partial charge is 0.251 e. The molecule has 0 saturated heterocycles. The number of carbonyl (C=O) groups is 1. The number of nitrogens with zero attached hydrogens (tertiary/aromatic N) is 1. The maximum Gasteiger partial charge on any atom is 0.251 e. The molecule has 2 rings (SSSR count). The maximum atomic E-state index is 11.4. The molecule has 1 aromatic rings. The van der Waals surface area contributed by atoms with Crippen molar-refractivity contribution in [3.05, 3.63) is 33.2 Å². The third-order valence-electron chi connectivity index (χ3n) is 2.20. The van der Waals surface area contributed by atoms with Crippen molar-refractivity contribution in [3.63, 3.8) is 0 Å². The van der Waals surface area contributed by atoms with Gasteiger partial charge in [-0.3, -0.25) is 9.59 Å². The molecule has 0 unspecified atom stereocenters. The summed E-state index contributed by atoms with van der Waals surface area (Å²) in [5, 5.41) is 2.84. The molecular formula is C10H11BrN2O2. The summed E-state index contributed by atoms with van der Waals surface area (Å²) in [6.45, 7) is 0.0920. The molecule has 1 amide bonds. The third-order valence-corrected chi connectivity index (χ3v) is 2.67. The fraction of sp³-hybridized carbons (Fsp3) is 0.400. The average molecular weight is 271 g/mol. The van der Waals surface area contributed by atoms with Crippen molar-refractivity contribution in [3.8, 4) is 0 Å². The van der Waals surface area contributed by atoms with Crippen molar-refractivity contribution in [1.82, 2.24) is 9.88 Å². The van der Waals surface area contributed by atoms with Crippen LogP contribution in [0.1, 0.15) is 12.8 Å². The lowest BCUT2D eigenvalue weighted by Gasteiger charge is -2.06. The van der Waals surface area contributed by atoms with Crippen LogP contribution in [0.3, 0.4) is 0 Å². The summed E-state index contributed by atoms with van der Waals surface area (Å²) in [5.74, 6) is -0.0994.